The Morgan fingerprint density at radius 3 is 2.16 bits per heavy atom. The molecule has 1 aliphatic heterocycles. The van der Waals surface area contributed by atoms with Gasteiger partial charge in [0, 0.05) is 50.7 Å². The van der Waals surface area contributed by atoms with E-state index in [1.54, 1.807) is 4.68 Å². The molecule has 1 aliphatic rings. The molecule has 0 aliphatic carbocycles. The topological polar surface area (TPSA) is 54.3 Å². The summed E-state index contributed by atoms with van der Waals surface area (Å²) in [5.74, 6) is 0.0205. The Balaban J connectivity index is 1.37. The summed E-state index contributed by atoms with van der Waals surface area (Å²) in [4.78, 5) is 21.9. The highest BCUT2D eigenvalue weighted by atomic mass is 16.2. The van der Waals surface area contributed by atoms with Gasteiger partial charge in [-0.05, 0) is 35.9 Å². The number of aromatic nitrogens is 3. The summed E-state index contributed by atoms with van der Waals surface area (Å²) in [5.41, 5.74) is 4.52. The van der Waals surface area contributed by atoms with Gasteiger partial charge in [-0.3, -0.25) is 14.7 Å². The number of hydrogen-bond donors (Lipinski definition) is 0. The van der Waals surface area contributed by atoms with Crippen LogP contribution in [0.15, 0.2) is 91.3 Å². The van der Waals surface area contributed by atoms with E-state index < -0.39 is 0 Å². The SMILES string of the molecule is O=C(c1cc(-c2ccccc2)nn1-c1ccccc1)N1CCN(Cc2ccncc2)CC1. The summed E-state index contributed by atoms with van der Waals surface area (Å²) in [6.45, 7) is 3.97. The van der Waals surface area contributed by atoms with Gasteiger partial charge < -0.3 is 4.90 Å². The molecular weight excluding hydrogens is 398 g/mol. The molecule has 2 aromatic carbocycles. The molecule has 5 rings (SSSR count). The molecule has 32 heavy (non-hydrogen) atoms. The van der Waals surface area contributed by atoms with Crippen molar-refractivity contribution in [1.29, 1.82) is 0 Å². The summed E-state index contributed by atoms with van der Waals surface area (Å²) < 4.78 is 1.77. The second kappa shape index (κ2) is 9.16. The molecule has 3 heterocycles. The smallest absolute Gasteiger partial charge is 0.272 e. The predicted octanol–water partition coefficient (Wildman–Crippen LogP) is 3.89. The Hall–Kier alpha value is -3.77. The Labute approximate surface area is 187 Å². The molecule has 6 heteroatoms. The number of benzene rings is 2. The Kier molecular flexibility index (Phi) is 5.77. The van der Waals surface area contributed by atoms with Crippen LogP contribution in [0, 0.1) is 0 Å². The highest BCUT2D eigenvalue weighted by Gasteiger charge is 2.26. The van der Waals surface area contributed by atoms with E-state index in [0.717, 1.165) is 36.6 Å². The lowest BCUT2D eigenvalue weighted by Crippen LogP contribution is -2.48. The van der Waals surface area contributed by atoms with Gasteiger partial charge in [-0.2, -0.15) is 5.10 Å². The lowest BCUT2D eigenvalue weighted by molar-refractivity contribution is 0.0619. The third kappa shape index (κ3) is 4.31. The van der Waals surface area contributed by atoms with Crippen LogP contribution in [0.2, 0.25) is 0 Å². The second-order valence-electron chi connectivity index (χ2n) is 7.95. The van der Waals surface area contributed by atoms with Crippen LogP contribution in [0.25, 0.3) is 16.9 Å². The van der Waals surface area contributed by atoms with Gasteiger partial charge in [0.25, 0.3) is 5.91 Å². The van der Waals surface area contributed by atoms with Crippen molar-refractivity contribution in [3.8, 4) is 16.9 Å². The first-order chi connectivity index (χ1) is 15.8. The molecule has 2 aromatic heterocycles. The van der Waals surface area contributed by atoms with E-state index in [0.29, 0.717) is 18.8 Å². The summed E-state index contributed by atoms with van der Waals surface area (Å²) in [6.07, 6.45) is 3.65. The highest BCUT2D eigenvalue weighted by molar-refractivity contribution is 5.94. The minimum absolute atomic E-state index is 0.0205. The molecule has 160 valence electrons. The average molecular weight is 424 g/mol. The Bertz CT molecular complexity index is 1170. The van der Waals surface area contributed by atoms with E-state index in [9.17, 15) is 4.79 Å². The van der Waals surface area contributed by atoms with Gasteiger partial charge in [0.2, 0.25) is 0 Å². The van der Waals surface area contributed by atoms with Crippen LogP contribution in [-0.4, -0.2) is 56.7 Å². The molecule has 0 atom stereocenters. The molecule has 0 radical (unpaired) electrons. The zero-order chi connectivity index (χ0) is 21.8. The van der Waals surface area contributed by atoms with Gasteiger partial charge in [-0.25, -0.2) is 4.68 Å². The molecule has 6 nitrogen and oxygen atoms in total. The predicted molar refractivity (Wildman–Crippen MR) is 124 cm³/mol. The molecular formula is C26H25N5O. The van der Waals surface area contributed by atoms with E-state index in [4.69, 9.17) is 5.10 Å². The summed E-state index contributed by atoms with van der Waals surface area (Å²) in [7, 11) is 0. The maximum absolute atomic E-state index is 13.5. The maximum Gasteiger partial charge on any atom is 0.272 e. The molecule has 0 spiro atoms. The molecule has 0 N–H and O–H groups in total. The van der Waals surface area contributed by atoms with Crippen molar-refractivity contribution in [2.75, 3.05) is 26.2 Å². The minimum Gasteiger partial charge on any atom is -0.335 e. The number of rotatable bonds is 5. The first kappa shape index (κ1) is 20.2. The zero-order valence-corrected chi connectivity index (χ0v) is 17.8. The fourth-order valence-corrected chi connectivity index (χ4v) is 4.07. The van der Waals surface area contributed by atoms with Gasteiger partial charge in [0.15, 0.2) is 0 Å². The number of para-hydroxylation sites is 1. The van der Waals surface area contributed by atoms with E-state index >= 15 is 0 Å². The Morgan fingerprint density at radius 1 is 0.812 bits per heavy atom. The lowest BCUT2D eigenvalue weighted by atomic mass is 10.1. The molecule has 0 unspecified atom stereocenters. The standard InChI is InChI=1S/C26H25N5O/c32-26(30-17-15-29(16-18-30)20-21-11-13-27-14-12-21)25-19-24(22-7-3-1-4-8-22)28-31(25)23-9-5-2-6-10-23/h1-14,19H,15-18,20H2. The van der Waals surface area contributed by atoms with Crippen molar-refractivity contribution in [1.82, 2.24) is 24.6 Å². The fourth-order valence-electron chi connectivity index (χ4n) is 4.07. The molecule has 1 fully saturated rings. The molecule has 0 bridgehead atoms. The lowest BCUT2D eigenvalue weighted by Gasteiger charge is -2.34. The maximum atomic E-state index is 13.5. The number of pyridine rings is 1. The van der Waals surface area contributed by atoms with Gasteiger partial charge in [-0.15, -0.1) is 0 Å². The van der Waals surface area contributed by atoms with Crippen LogP contribution < -0.4 is 0 Å². The fraction of sp³-hybridized carbons (Fsp3) is 0.192. The number of carbonyl (C=O) groups excluding carboxylic acids is 1. The summed E-state index contributed by atoms with van der Waals surface area (Å²) in [6, 6.07) is 25.8. The van der Waals surface area contributed by atoms with Gasteiger partial charge in [0.1, 0.15) is 5.69 Å². The number of nitrogens with zero attached hydrogens (tertiary/aromatic N) is 5. The molecule has 1 saturated heterocycles. The van der Waals surface area contributed by atoms with Gasteiger partial charge >= 0.3 is 0 Å². The first-order valence-electron chi connectivity index (χ1n) is 10.9. The zero-order valence-electron chi connectivity index (χ0n) is 17.8. The first-order valence-corrected chi connectivity index (χ1v) is 10.9. The van der Waals surface area contributed by atoms with Crippen molar-refractivity contribution < 1.29 is 4.79 Å². The quantitative estimate of drug-likeness (QED) is 0.489. The van der Waals surface area contributed by atoms with Crippen LogP contribution in [0.4, 0.5) is 0 Å². The largest absolute Gasteiger partial charge is 0.335 e. The monoisotopic (exact) mass is 423 g/mol. The van der Waals surface area contributed by atoms with Crippen molar-refractivity contribution in [3.05, 3.63) is 103 Å². The van der Waals surface area contributed by atoms with E-state index in [2.05, 4.69) is 9.88 Å². The van der Waals surface area contributed by atoms with Crippen LogP contribution in [-0.2, 0) is 6.54 Å². The minimum atomic E-state index is 0.0205. The van der Waals surface area contributed by atoms with Crippen LogP contribution in [0.1, 0.15) is 16.1 Å². The number of carbonyl (C=O) groups is 1. The number of hydrogen-bond acceptors (Lipinski definition) is 4. The van der Waals surface area contributed by atoms with Crippen molar-refractivity contribution >= 4 is 5.91 Å². The van der Waals surface area contributed by atoms with Crippen LogP contribution in [0.3, 0.4) is 0 Å². The Morgan fingerprint density at radius 2 is 1.47 bits per heavy atom. The molecule has 1 amide bonds. The van der Waals surface area contributed by atoms with E-state index in [1.165, 1.54) is 5.56 Å². The second-order valence-corrected chi connectivity index (χ2v) is 7.95. The average Bonchev–Trinajstić information content (AvgIpc) is 3.31. The molecule has 4 aromatic rings. The highest BCUT2D eigenvalue weighted by Crippen LogP contribution is 2.23. The van der Waals surface area contributed by atoms with E-state index in [-0.39, 0.29) is 5.91 Å². The van der Waals surface area contributed by atoms with Crippen molar-refractivity contribution in [2.45, 2.75) is 6.54 Å². The van der Waals surface area contributed by atoms with E-state index in [1.807, 2.05) is 96.2 Å². The normalized spacial score (nSPS) is 14.4. The number of piperazine rings is 1. The third-order valence-corrected chi connectivity index (χ3v) is 5.81. The number of amides is 1. The van der Waals surface area contributed by atoms with Crippen molar-refractivity contribution in [3.63, 3.8) is 0 Å². The molecule has 0 saturated carbocycles. The van der Waals surface area contributed by atoms with Crippen LogP contribution in [0.5, 0.6) is 0 Å². The third-order valence-electron chi connectivity index (χ3n) is 5.81. The summed E-state index contributed by atoms with van der Waals surface area (Å²) in [5, 5.41) is 4.79. The van der Waals surface area contributed by atoms with Gasteiger partial charge in [-0.1, -0.05) is 48.5 Å². The van der Waals surface area contributed by atoms with Crippen molar-refractivity contribution in [2.24, 2.45) is 0 Å². The van der Waals surface area contributed by atoms with Crippen LogP contribution >= 0.6 is 0 Å². The summed E-state index contributed by atoms with van der Waals surface area (Å²) >= 11 is 0. The van der Waals surface area contributed by atoms with Gasteiger partial charge in [0.05, 0.1) is 11.4 Å².